The lowest BCUT2D eigenvalue weighted by atomic mass is 10.2. The van der Waals surface area contributed by atoms with Gasteiger partial charge in [-0.1, -0.05) is 0 Å². The molecule has 0 saturated carbocycles. The van der Waals surface area contributed by atoms with Gasteiger partial charge < -0.3 is 14.8 Å². The molecule has 5 nitrogen and oxygen atoms in total. The van der Waals surface area contributed by atoms with E-state index in [1.54, 1.807) is 7.11 Å². The summed E-state index contributed by atoms with van der Waals surface area (Å²) in [5, 5.41) is 8.04. The molecule has 1 aliphatic heterocycles. The third-order valence-electron chi connectivity index (χ3n) is 3.51. The zero-order valence-electron chi connectivity index (χ0n) is 11.5. The predicted molar refractivity (Wildman–Crippen MR) is 69.8 cm³/mol. The Bertz CT molecular complexity index is 384. The summed E-state index contributed by atoms with van der Waals surface area (Å²) < 4.78 is 12.6. The number of hydrogen-bond acceptors (Lipinski definition) is 4. The molecular formula is C13H23N3O2. The van der Waals surface area contributed by atoms with E-state index in [0.29, 0.717) is 6.04 Å². The Morgan fingerprint density at radius 1 is 1.50 bits per heavy atom. The Kier molecular flexibility index (Phi) is 4.74. The monoisotopic (exact) mass is 253 g/mol. The molecular weight excluding hydrogens is 230 g/mol. The van der Waals surface area contributed by atoms with Crippen molar-refractivity contribution < 1.29 is 9.47 Å². The molecule has 1 aromatic heterocycles. The van der Waals surface area contributed by atoms with E-state index in [1.807, 2.05) is 0 Å². The van der Waals surface area contributed by atoms with Crippen LogP contribution in [0.2, 0.25) is 0 Å². The first-order chi connectivity index (χ1) is 8.74. The van der Waals surface area contributed by atoms with Crippen molar-refractivity contribution in [1.82, 2.24) is 15.1 Å². The maximum Gasteiger partial charge on any atom is 0.0777 e. The van der Waals surface area contributed by atoms with Crippen LogP contribution in [0.5, 0.6) is 0 Å². The SMILES string of the molecule is COCCNCc1c(C)nn(C2CCOC2)c1C. The first-order valence-corrected chi connectivity index (χ1v) is 6.56. The van der Waals surface area contributed by atoms with E-state index in [9.17, 15) is 0 Å². The third kappa shape index (κ3) is 2.91. The summed E-state index contributed by atoms with van der Waals surface area (Å²) in [5.74, 6) is 0. The summed E-state index contributed by atoms with van der Waals surface area (Å²) in [7, 11) is 1.72. The molecule has 0 bridgehead atoms. The van der Waals surface area contributed by atoms with E-state index >= 15 is 0 Å². The molecule has 0 radical (unpaired) electrons. The quantitative estimate of drug-likeness (QED) is 0.774. The Hall–Kier alpha value is -0.910. The standard InChI is InChI=1S/C13H23N3O2/c1-10-13(8-14-5-7-17-3)11(2)16(15-10)12-4-6-18-9-12/h12,14H,4-9H2,1-3H3. The molecule has 0 aromatic carbocycles. The highest BCUT2D eigenvalue weighted by molar-refractivity contribution is 5.24. The van der Waals surface area contributed by atoms with Crippen LogP contribution in [-0.2, 0) is 16.0 Å². The fourth-order valence-corrected chi connectivity index (χ4v) is 2.41. The van der Waals surface area contributed by atoms with Crippen molar-refractivity contribution in [1.29, 1.82) is 0 Å². The number of rotatable bonds is 6. The van der Waals surface area contributed by atoms with Gasteiger partial charge in [0.2, 0.25) is 0 Å². The molecule has 1 aromatic rings. The normalized spacial score (nSPS) is 19.6. The van der Waals surface area contributed by atoms with E-state index in [2.05, 4.69) is 28.9 Å². The lowest BCUT2D eigenvalue weighted by Gasteiger charge is -2.11. The number of hydrogen-bond donors (Lipinski definition) is 1. The predicted octanol–water partition coefficient (Wildman–Crippen LogP) is 1.20. The number of methoxy groups -OCH3 is 1. The first kappa shape index (κ1) is 13.5. The second-order valence-electron chi connectivity index (χ2n) is 4.78. The lowest BCUT2D eigenvalue weighted by molar-refractivity contribution is 0.184. The number of nitrogens with one attached hydrogen (secondary N) is 1. The van der Waals surface area contributed by atoms with Gasteiger partial charge in [-0.25, -0.2) is 0 Å². The zero-order chi connectivity index (χ0) is 13.0. The van der Waals surface area contributed by atoms with Crippen LogP contribution in [0.15, 0.2) is 0 Å². The van der Waals surface area contributed by atoms with Gasteiger partial charge in [0.1, 0.15) is 0 Å². The molecule has 2 heterocycles. The summed E-state index contributed by atoms with van der Waals surface area (Å²) >= 11 is 0. The molecule has 0 aliphatic carbocycles. The smallest absolute Gasteiger partial charge is 0.0777 e. The second kappa shape index (κ2) is 6.31. The Morgan fingerprint density at radius 3 is 3.00 bits per heavy atom. The van der Waals surface area contributed by atoms with Crippen molar-refractivity contribution in [3.8, 4) is 0 Å². The molecule has 1 fully saturated rings. The van der Waals surface area contributed by atoms with Gasteiger partial charge in [-0.3, -0.25) is 4.68 Å². The van der Waals surface area contributed by atoms with E-state index in [4.69, 9.17) is 9.47 Å². The molecule has 1 N–H and O–H groups in total. The van der Waals surface area contributed by atoms with Crippen LogP contribution in [0.3, 0.4) is 0 Å². The highest BCUT2D eigenvalue weighted by atomic mass is 16.5. The molecule has 0 amide bonds. The van der Waals surface area contributed by atoms with E-state index < -0.39 is 0 Å². The van der Waals surface area contributed by atoms with Gasteiger partial charge in [-0.2, -0.15) is 5.10 Å². The van der Waals surface area contributed by atoms with Crippen LogP contribution in [0.1, 0.15) is 29.4 Å². The average molecular weight is 253 g/mol. The fourth-order valence-electron chi connectivity index (χ4n) is 2.41. The molecule has 1 saturated heterocycles. The Labute approximate surface area is 108 Å². The summed E-state index contributed by atoms with van der Waals surface area (Å²) in [6, 6.07) is 0.413. The number of aromatic nitrogens is 2. The van der Waals surface area contributed by atoms with Crippen LogP contribution in [0, 0.1) is 13.8 Å². The summed E-state index contributed by atoms with van der Waals surface area (Å²) in [6.45, 7) is 8.33. The van der Waals surface area contributed by atoms with Gasteiger partial charge in [0.05, 0.1) is 24.9 Å². The summed E-state index contributed by atoms with van der Waals surface area (Å²) in [5.41, 5.74) is 3.68. The van der Waals surface area contributed by atoms with Crippen LogP contribution < -0.4 is 5.32 Å². The van der Waals surface area contributed by atoms with Crippen molar-refractivity contribution in [3.05, 3.63) is 17.0 Å². The van der Waals surface area contributed by atoms with Crippen LogP contribution in [0.4, 0.5) is 0 Å². The highest BCUT2D eigenvalue weighted by Crippen LogP contribution is 2.23. The first-order valence-electron chi connectivity index (χ1n) is 6.56. The van der Waals surface area contributed by atoms with Crippen molar-refractivity contribution in [2.75, 3.05) is 33.5 Å². The van der Waals surface area contributed by atoms with Crippen molar-refractivity contribution in [2.24, 2.45) is 0 Å². The van der Waals surface area contributed by atoms with Crippen LogP contribution in [-0.4, -0.2) is 43.3 Å². The van der Waals surface area contributed by atoms with E-state index in [-0.39, 0.29) is 0 Å². The zero-order valence-corrected chi connectivity index (χ0v) is 11.5. The van der Waals surface area contributed by atoms with Crippen molar-refractivity contribution in [2.45, 2.75) is 32.9 Å². The van der Waals surface area contributed by atoms with Gasteiger partial charge in [-0.15, -0.1) is 0 Å². The third-order valence-corrected chi connectivity index (χ3v) is 3.51. The van der Waals surface area contributed by atoms with Gasteiger partial charge in [0.25, 0.3) is 0 Å². The lowest BCUT2D eigenvalue weighted by Crippen LogP contribution is -2.19. The molecule has 1 unspecified atom stereocenters. The summed E-state index contributed by atoms with van der Waals surface area (Å²) in [4.78, 5) is 0. The number of ether oxygens (including phenoxy) is 2. The van der Waals surface area contributed by atoms with Gasteiger partial charge in [0.15, 0.2) is 0 Å². The molecule has 0 spiro atoms. The Balaban J connectivity index is 2.01. The molecule has 18 heavy (non-hydrogen) atoms. The summed E-state index contributed by atoms with van der Waals surface area (Å²) in [6.07, 6.45) is 1.07. The minimum Gasteiger partial charge on any atom is -0.383 e. The minimum absolute atomic E-state index is 0.413. The molecule has 102 valence electrons. The van der Waals surface area contributed by atoms with Crippen molar-refractivity contribution in [3.63, 3.8) is 0 Å². The maximum absolute atomic E-state index is 5.44. The largest absolute Gasteiger partial charge is 0.383 e. The van der Waals surface area contributed by atoms with Gasteiger partial charge in [0, 0.05) is 38.1 Å². The second-order valence-corrected chi connectivity index (χ2v) is 4.78. The van der Waals surface area contributed by atoms with Gasteiger partial charge >= 0.3 is 0 Å². The van der Waals surface area contributed by atoms with E-state index in [0.717, 1.165) is 45.0 Å². The van der Waals surface area contributed by atoms with E-state index in [1.165, 1.54) is 11.3 Å². The van der Waals surface area contributed by atoms with Crippen LogP contribution in [0.25, 0.3) is 0 Å². The molecule has 2 rings (SSSR count). The number of nitrogens with zero attached hydrogens (tertiary/aromatic N) is 2. The Morgan fingerprint density at radius 2 is 2.33 bits per heavy atom. The minimum atomic E-state index is 0.413. The molecule has 1 atom stereocenters. The molecule has 1 aliphatic rings. The highest BCUT2D eigenvalue weighted by Gasteiger charge is 2.22. The van der Waals surface area contributed by atoms with Crippen molar-refractivity contribution >= 4 is 0 Å². The number of aryl methyl sites for hydroxylation is 1. The van der Waals surface area contributed by atoms with Gasteiger partial charge in [-0.05, 0) is 20.3 Å². The van der Waals surface area contributed by atoms with Crippen LogP contribution >= 0.6 is 0 Å². The average Bonchev–Trinajstić information content (AvgIpc) is 2.96. The topological polar surface area (TPSA) is 48.3 Å². The maximum atomic E-state index is 5.44. The molecule has 5 heteroatoms. The fraction of sp³-hybridized carbons (Fsp3) is 0.769.